The molecule has 2 rings (SSSR count). The van der Waals surface area contributed by atoms with E-state index in [1.165, 1.54) is 12.1 Å². The highest BCUT2D eigenvalue weighted by molar-refractivity contribution is 6.42. The average Bonchev–Trinajstić information content (AvgIpc) is 3.18. The Bertz CT molecular complexity index is 850. The molecular formula is C17H17Cl2F2N3O5. The molecule has 1 aromatic carbocycles. The molecule has 2 aromatic rings. The predicted molar refractivity (Wildman–Crippen MR) is 99.4 cm³/mol. The van der Waals surface area contributed by atoms with Crippen LogP contribution in [0.15, 0.2) is 28.8 Å². The Balaban J connectivity index is 1.63. The topological polar surface area (TPSA) is 114 Å². The summed E-state index contributed by atoms with van der Waals surface area (Å²) < 4.78 is 34.6. The number of amides is 2. The zero-order valence-electron chi connectivity index (χ0n) is 14.8. The van der Waals surface area contributed by atoms with E-state index in [0.717, 1.165) is 6.07 Å². The number of halogens is 4. The highest BCUT2D eigenvalue weighted by atomic mass is 35.5. The number of carbonyl (C=O) groups is 2. The third-order valence-corrected chi connectivity index (χ3v) is 4.27. The van der Waals surface area contributed by atoms with Crippen molar-refractivity contribution in [1.82, 2.24) is 15.8 Å². The number of nitrogens with zero attached hydrogens (tertiary/aromatic N) is 1. The normalized spacial score (nSPS) is 11.9. The summed E-state index contributed by atoms with van der Waals surface area (Å²) in [6, 6.07) is 5.39. The largest absolute Gasteiger partial charge is 0.484 e. The van der Waals surface area contributed by atoms with Crippen LogP contribution in [0.25, 0.3) is 0 Å². The molecule has 0 unspecified atom stereocenters. The maximum Gasteiger partial charge on any atom is 0.289 e. The summed E-state index contributed by atoms with van der Waals surface area (Å²) in [6.07, 6.45) is -3.68. The van der Waals surface area contributed by atoms with E-state index in [4.69, 9.17) is 27.9 Å². The van der Waals surface area contributed by atoms with Crippen LogP contribution in [0.4, 0.5) is 8.78 Å². The number of alkyl halides is 2. The molecule has 1 aromatic heterocycles. The van der Waals surface area contributed by atoms with Crippen molar-refractivity contribution in [3.63, 3.8) is 0 Å². The minimum absolute atomic E-state index is 0.0281. The molecule has 0 spiro atoms. The summed E-state index contributed by atoms with van der Waals surface area (Å²) in [5.74, 6) is -1.21. The Labute approximate surface area is 174 Å². The summed E-state index contributed by atoms with van der Waals surface area (Å²) >= 11 is 11.6. The van der Waals surface area contributed by atoms with Crippen LogP contribution in [0.3, 0.4) is 0 Å². The van der Waals surface area contributed by atoms with Gasteiger partial charge in [-0.15, -0.1) is 0 Å². The fourth-order valence-corrected chi connectivity index (χ4v) is 2.33. The van der Waals surface area contributed by atoms with Gasteiger partial charge in [-0.2, -0.15) is 0 Å². The molecule has 0 radical (unpaired) electrons. The zero-order chi connectivity index (χ0) is 21.4. The maximum atomic E-state index is 12.4. The van der Waals surface area contributed by atoms with Crippen molar-refractivity contribution in [3.8, 4) is 5.75 Å². The minimum atomic E-state index is -2.84. The van der Waals surface area contributed by atoms with Crippen LogP contribution >= 0.6 is 23.2 Å². The number of rotatable bonds is 10. The Morgan fingerprint density at radius 2 is 1.97 bits per heavy atom. The molecule has 3 N–H and O–H groups in total. The van der Waals surface area contributed by atoms with Crippen molar-refractivity contribution in [2.45, 2.75) is 19.0 Å². The molecule has 0 aliphatic heterocycles. The molecule has 158 valence electrons. The summed E-state index contributed by atoms with van der Waals surface area (Å²) in [4.78, 5) is 23.5. The van der Waals surface area contributed by atoms with Gasteiger partial charge in [-0.1, -0.05) is 28.4 Å². The van der Waals surface area contributed by atoms with Gasteiger partial charge in [0.25, 0.3) is 18.2 Å². The summed E-state index contributed by atoms with van der Waals surface area (Å²) in [5, 5.41) is 18.4. The average molecular weight is 452 g/mol. The van der Waals surface area contributed by atoms with Gasteiger partial charge in [0.2, 0.25) is 5.76 Å². The third kappa shape index (κ3) is 7.48. The molecule has 0 aliphatic rings. The van der Waals surface area contributed by atoms with E-state index in [-0.39, 0.29) is 36.9 Å². The van der Waals surface area contributed by atoms with E-state index in [2.05, 4.69) is 20.3 Å². The SMILES string of the molecule is O=C(COc1ccc(Cl)c(Cl)c1)NC[C@@H](O)CCNC(=O)c1cc(C(F)F)no1. The van der Waals surface area contributed by atoms with Crippen molar-refractivity contribution >= 4 is 35.0 Å². The quantitative estimate of drug-likeness (QED) is 0.511. The first kappa shape index (κ1) is 22.9. The predicted octanol–water partition coefficient (Wildman–Crippen LogP) is 2.59. The van der Waals surface area contributed by atoms with E-state index in [1.54, 1.807) is 6.07 Å². The van der Waals surface area contributed by atoms with Gasteiger partial charge in [-0.25, -0.2) is 8.78 Å². The van der Waals surface area contributed by atoms with Crippen molar-refractivity contribution < 1.29 is 32.7 Å². The number of hydrogen-bond acceptors (Lipinski definition) is 6. The molecule has 29 heavy (non-hydrogen) atoms. The number of aromatic nitrogens is 1. The van der Waals surface area contributed by atoms with Crippen LogP contribution in [-0.4, -0.2) is 47.9 Å². The molecule has 0 bridgehead atoms. The maximum absolute atomic E-state index is 12.4. The van der Waals surface area contributed by atoms with Crippen molar-refractivity contribution in [3.05, 3.63) is 45.8 Å². The monoisotopic (exact) mass is 451 g/mol. The number of benzene rings is 1. The highest BCUT2D eigenvalue weighted by Gasteiger charge is 2.18. The van der Waals surface area contributed by atoms with Gasteiger partial charge >= 0.3 is 0 Å². The van der Waals surface area contributed by atoms with E-state index in [0.29, 0.717) is 10.8 Å². The minimum Gasteiger partial charge on any atom is -0.484 e. The summed E-state index contributed by atoms with van der Waals surface area (Å²) in [5.41, 5.74) is -0.638. The standard InChI is InChI=1S/C17H17Cl2F2N3O5/c18-11-2-1-10(5-12(11)19)28-8-15(26)23-7-9(25)3-4-22-17(27)14-6-13(16(20)21)24-29-14/h1-2,5-6,9,16,25H,3-4,7-8H2,(H,22,27)(H,23,26)/t9-/m0/s1. The molecule has 0 saturated heterocycles. The molecule has 12 heteroatoms. The molecule has 2 amide bonds. The lowest BCUT2D eigenvalue weighted by Crippen LogP contribution is -2.37. The number of carbonyl (C=O) groups excluding carboxylic acids is 2. The number of ether oxygens (including phenoxy) is 1. The first-order chi connectivity index (χ1) is 13.8. The Morgan fingerprint density at radius 1 is 1.21 bits per heavy atom. The van der Waals surface area contributed by atoms with Crippen LogP contribution in [0.1, 0.15) is 29.1 Å². The third-order valence-electron chi connectivity index (χ3n) is 3.53. The van der Waals surface area contributed by atoms with Gasteiger partial charge < -0.3 is 25.0 Å². The number of nitrogens with one attached hydrogen (secondary N) is 2. The first-order valence-corrected chi connectivity index (χ1v) is 9.07. The molecule has 1 atom stereocenters. The Morgan fingerprint density at radius 3 is 2.62 bits per heavy atom. The second-order valence-corrected chi connectivity index (χ2v) is 6.60. The molecule has 8 nitrogen and oxygen atoms in total. The van der Waals surface area contributed by atoms with Gasteiger partial charge in [0.15, 0.2) is 12.3 Å². The first-order valence-electron chi connectivity index (χ1n) is 8.32. The summed E-state index contributed by atoms with van der Waals surface area (Å²) in [7, 11) is 0. The van der Waals surface area contributed by atoms with E-state index in [1.807, 2.05) is 0 Å². The number of hydrogen-bond donors (Lipinski definition) is 3. The van der Waals surface area contributed by atoms with E-state index < -0.39 is 30.0 Å². The van der Waals surface area contributed by atoms with Crippen molar-refractivity contribution in [1.29, 1.82) is 0 Å². The number of aliphatic hydroxyl groups excluding tert-OH is 1. The van der Waals surface area contributed by atoms with Crippen molar-refractivity contribution in [2.24, 2.45) is 0 Å². The van der Waals surface area contributed by atoms with Gasteiger partial charge in [0.1, 0.15) is 5.75 Å². The van der Waals surface area contributed by atoms with Gasteiger partial charge in [0.05, 0.1) is 16.1 Å². The van der Waals surface area contributed by atoms with Crippen LogP contribution in [0.5, 0.6) is 5.75 Å². The second kappa shape index (κ2) is 10.9. The fourth-order valence-electron chi connectivity index (χ4n) is 2.04. The summed E-state index contributed by atoms with van der Waals surface area (Å²) in [6.45, 7) is -0.336. The lowest BCUT2D eigenvalue weighted by Gasteiger charge is -2.12. The van der Waals surface area contributed by atoms with Crippen LogP contribution in [0.2, 0.25) is 10.0 Å². The zero-order valence-corrected chi connectivity index (χ0v) is 16.3. The molecule has 0 fully saturated rings. The van der Waals surface area contributed by atoms with E-state index >= 15 is 0 Å². The van der Waals surface area contributed by atoms with Gasteiger partial charge in [-0.05, 0) is 18.6 Å². The van der Waals surface area contributed by atoms with Crippen LogP contribution < -0.4 is 15.4 Å². The molecule has 1 heterocycles. The molecule has 0 aliphatic carbocycles. The van der Waals surface area contributed by atoms with Gasteiger partial charge in [-0.3, -0.25) is 9.59 Å². The fraction of sp³-hybridized carbons (Fsp3) is 0.353. The van der Waals surface area contributed by atoms with Crippen LogP contribution in [-0.2, 0) is 4.79 Å². The highest BCUT2D eigenvalue weighted by Crippen LogP contribution is 2.26. The molecule has 0 saturated carbocycles. The Kier molecular flexibility index (Phi) is 8.62. The second-order valence-electron chi connectivity index (χ2n) is 5.78. The smallest absolute Gasteiger partial charge is 0.289 e. The van der Waals surface area contributed by atoms with Crippen molar-refractivity contribution in [2.75, 3.05) is 19.7 Å². The molecular weight excluding hydrogens is 435 g/mol. The lowest BCUT2D eigenvalue weighted by molar-refractivity contribution is -0.123. The number of aliphatic hydroxyl groups is 1. The van der Waals surface area contributed by atoms with Crippen LogP contribution in [0, 0.1) is 0 Å². The lowest BCUT2D eigenvalue weighted by atomic mass is 10.2. The Hall–Kier alpha value is -2.43. The van der Waals surface area contributed by atoms with E-state index in [9.17, 15) is 23.5 Å². The van der Waals surface area contributed by atoms with Gasteiger partial charge in [0, 0.05) is 25.2 Å².